The van der Waals surface area contributed by atoms with Crippen LogP contribution in [0.2, 0.25) is 0 Å². The summed E-state index contributed by atoms with van der Waals surface area (Å²) in [6.45, 7) is 6.37. The zero-order chi connectivity index (χ0) is 7.45. The summed E-state index contributed by atoms with van der Waals surface area (Å²) in [5.74, 6) is 0. The van der Waals surface area contributed by atoms with Crippen molar-refractivity contribution in [1.82, 2.24) is 0 Å². The predicted octanol–water partition coefficient (Wildman–Crippen LogP) is 3.57. The second-order valence-electron chi connectivity index (χ2n) is 3.66. The van der Waals surface area contributed by atoms with E-state index in [1.54, 1.807) is 0 Å². The van der Waals surface area contributed by atoms with E-state index in [0.717, 1.165) is 6.42 Å². The Morgan fingerprint density at radius 1 is 1.20 bits per heavy atom. The SMILES string of the molecule is [CH2]CC1(CC)CCCCC1. The van der Waals surface area contributed by atoms with E-state index in [9.17, 15) is 0 Å². The molecule has 0 bridgehead atoms. The maximum atomic E-state index is 4.05. The molecule has 1 aliphatic rings. The maximum absolute atomic E-state index is 4.05. The predicted molar refractivity (Wildman–Crippen MR) is 45.8 cm³/mol. The molecule has 0 heteroatoms. The van der Waals surface area contributed by atoms with E-state index in [2.05, 4.69) is 13.8 Å². The van der Waals surface area contributed by atoms with Crippen LogP contribution < -0.4 is 0 Å². The third-order valence-corrected chi connectivity index (χ3v) is 3.19. The van der Waals surface area contributed by atoms with E-state index in [4.69, 9.17) is 0 Å². The lowest BCUT2D eigenvalue weighted by molar-refractivity contribution is 0.183. The van der Waals surface area contributed by atoms with Gasteiger partial charge in [0.25, 0.3) is 0 Å². The van der Waals surface area contributed by atoms with Crippen molar-refractivity contribution in [3.8, 4) is 0 Å². The molecule has 0 heterocycles. The minimum atomic E-state index is 0.651. The molecule has 1 rings (SSSR count). The fourth-order valence-corrected chi connectivity index (χ4v) is 2.08. The summed E-state index contributed by atoms with van der Waals surface area (Å²) in [7, 11) is 0. The summed E-state index contributed by atoms with van der Waals surface area (Å²) in [6, 6.07) is 0. The summed E-state index contributed by atoms with van der Waals surface area (Å²) in [6.07, 6.45) is 9.73. The van der Waals surface area contributed by atoms with Gasteiger partial charge in [0.1, 0.15) is 0 Å². The van der Waals surface area contributed by atoms with Crippen LogP contribution in [0.1, 0.15) is 51.9 Å². The second kappa shape index (κ2) is 3.41. The fourth-order valence-electron chi connectivity index (χ4n) is 2.08. The average Bonchev–Trinajstić information content (AvgIpc) is 2.06. The topological polar surface area (TPSA) is 0 Å². The largest absolute Gasteiger partial charge is 0.0649 e. The van der Waals surface area contributed by atoms with Crippen LogP contribution in [0.3, 0.4) is 0 Å². The number of hydrogen-bond donors (Lipinski definition) is 0. The number of hydrogen-bond acceptors (Lipinski definition) is 0. The first-order valence-corrected chi connectivity index (χ1v) is 4.62. The van der Waals surface area contributed by atoms with Gasteiger partial charge in [0.05, 0.1) is 0 Å². The van der Waals surface area contributed by atoms with Crippen molar-refractivity contribution in [2.75, 3.05) is 0 Å². The Morgan fingerprint density at radius 2 is 1.80 bits per heavy atom. The van der Waals surface area contributed by atoms with Gasteiger partial charge in [0.2, 0.25) is 0 Å². The van der Waals surface area contributed by atoms with E-state index in [1.165, 1.54) is 38.5 Å². The minimum Gasteiger partial charge on any atom is -0.0649 e. The normalized spacial score (nSPS) is 24.6. The third-order valence-electron chi connectivity index (χ3n) is 3.19. The second-order valence-corrected chi connectivity index (χ2v) is 3.66. The van der Waals surface area contributed by atoms with Crippen LogP contribution in [-0.4, -0.2) is 0 Å². The molecule has 0 aromatic heterocycles. The highest BCUT2D eigenvalue weighted by molar-refractivity contribution is 4.81. The molecule has 1 aliphatic carbocycles. The Labute approximate surface area is 65.0 Å². The van der Waals surface area contributed by atoms with Crippen molar-refractivity contribution in [2.24, 2.45) is 5.41 Å². The Hall–Kier alpha value is 0. The van der Waals surface area contributed by atoms with E-state index >= 15 is 0 Å². The molecule has 59 valence electrons. The lowest BCUT2D eigenvalue weighted by atomic mass is 9.71. The van der Waals surface area contributed by atoms with Crippen molar-refractivity contribution >= 4 is 0 Å². The van der Waals surface area contributed by atoms with Crippen LogP contribution in [0.25, 0.3) is 0 Å². The lowest BCUT2D eigenvalue weighted by Crippen LogP contribution is -2.21. The molecule has 0 aromatic carbocycles. The first-order chi connectivity index (χ1) is 4.83. The highest BCUT2D eigenvalue weighted by atomic mass is 14.3. The Morgan fingerprint density at radius 3 is 2.10 bits per heavy atom. The Bertz CT molecular complexity index is 82.2. The fraction of sp³-hybridized carbons (Fsp3) is 0.900. The average molecular weight is 139 g/mol. The van der Waals surface area contributed by atoms with Crippen LogP contribution >= 0.6 is 0 Å². The van der Waals surface area contributed by atoms with Crippen molar-refractivity contribution in [1.29, 1.82) is 0 Å². The van der Waals surface area contributed by atoms with Crippen molar-refractivity contribution in [3.05, 3.63) is 6.92 Å². The van der Waals surface area contributed by atoms with Gasteiger partial charge in [-0.3, -0.25) is 0 Å². The van der Waals surface area contributed by atoms with E-state index < -0.39 is 0 Å². The lowest BCUT2D eigenvalue weighted by Gasteiger charge is -2.35. The quantitative estimate of drug-likeness (QED) is 0.548. The molecule has 0 aliphatic heterocycles. The van der Waals surface area contributed by atoms with E-state index in [1.807, 2.05) is 0 Å². The summed E-state index contributed by atoms with van der Waals surface area (Å²) < 4.78 is 0. The zero-order valence-electron chi connectivity index (χ0n) is 7.16. The van der Waals surface area contributed by atoms with Gasteiger partial charge in [-0.15, -0.1) is 0 Å². The van der Waals surface area contributed by atoms with Crippen molar-refractivity contribution in [2.45, 2.75) is 51.9 Å². The molecule has 0 amide bonds. The molecule has 0 spiro atoms. The van der Waals surface area contributed by atoms with Crippen LogP contribution in [0, 0.1) is 12.3 Å². The van der Waals surface area contributed by atoms with Crippen molar-refractivity contribution < 1.29 is 0 Å². The summed E-state index contributed by atoms with van der Waals surface area (Å²) in [5.41, 5.74) is 0.651. The van der Waals surface area contributed by atoms with Crippen LogP contribution in [0.15, 0.2) is 0 Å². The molecule has 0 atom stereocenters. The molecule has 0 aromatic rings. The van der Waals surface area contributed by atoms with Crippen LogP contribution in [0.4, 0.5) is 0 Å². The van der Waals surface area contributed by atoms with Gasteiger partial charge in [-0.2, -0.15) is 0 Å². The van der Waals surface area contributed by atoms with Gasteiger partial charge in [-0.1, -0.05) is 39.5 Å². The zero-order valence-corrected chi connectivity index (χ0v) is 7.16. The van der Waals surface area contributed by atoms with Crippen LogP contribution in [0.5, 0.6) is 0 Å². The highest BCUT2D eigenvalue weighted by Gasteiger charge is 2.27. The summed E-state index contributed by atoms with van der Waals surface area (Å²) in [5, 5.41) is 0. The van der Waals surface area contributed by atoms with Gasteiger partial charge in [0.15, 0.2) is 0 Å². The van der Waals surface area contributed by atoms with Gasteiger partial charge < -0.3 is 0 Å². The molecule has 0 nitrogen and oxygen atoms in total. The standard InChI is InChI=1S/C10H19/c1-3-10(4-2)8-6-5-7-9-10/h1,3-9H2,2H3. The minimum absolute atomic E-state index is 0.651. The molecule has 1 saturated carbocycles. The van der Waals surface area contributed by atoms with Gasteiger partial charge in [-0.05, 0) is 24.7 Å². The van der Waals surface area contributed by atoms with Gasteiger partial charge in [0, 0.05) is 0 Å². The van der Waals surface area contributed by atoms with Crippen LogP contribution in [-0.2, 0) is 0 Å². The van der Waals surface area contributed by atoms with Gasteiger partial charge in [-0.25, -0.2) is 0 Å². The Balaban J connectivity index is 2.44. The molecular formula is C10H19. The van der Waals surface area contributed by atoms with Crippen molar-refractivity contribution in [3.63, 3.8) is 0 Å². The molecule has 0 saturated heterocycles. The summed E-state index contributed by atoms with van der Waals surface area (Å²) >= 11 is 0. The molecule has 1 radical (unpaired) electrons. The highest BCUT2D eigenvalue weighted by Crippen LogP contribution is 2.41. The number of rotatable bonds is 2. The molecule has 0 unspecified atom stereocenters. The Kier molecular flexibility index (Phi) is 2.76. The first kappa shape index (κ1) is 8.10. The summed E-state index contributed by atoms with van der Waals surface area (Å²) in [4.78, 5) is 0. The van der Waals surface area contributed by atoms with E-state index in [-0.39, 0.29) is 0 Å². The monoisotopic (exact) mass is 139 g/mol. The van der Waals surface area contributed by atoms with Gasteiger partial charge >= 0.3 is 0 Å². The third kappa shape index (κ3) is 1.53. The molecular weight excluding hydrogens is 120 g/mol. The molecule has 1 fully saturated rings. The molecule has 0 N–H and O–H groups in total. The maximum Gasteiger partial charge on any atom is -0.0300 e. The smallest absolute Gasteiger partial charge is 0.0300 e. The first-order valence-electron chi connectivity index (χ1n) is 4.62. The van der Waals surface area contributed by atoms with E-state index in [0.29, 0.717) is 5.41 Å². The molecule has 10 heavy (non-hydrogen) atoms.